The number of hydrogen-bond donors (Lipinski definition) is 1. The maximum absolute atomic E-state index is 12.8. The first-order chi connectivity index (χ1) is 10.2. The van der Waals surface area contributed by atoms with E-state index in [1.54, 1.807) is 4.68 Å². The summed E-state index contributed by atoms with van der Waals surface area (Å²) in [6.45, 7) is 4.08. The van der Waals surface area contributed by atoms with E-state index in [4.69, 9.17) is 0 Å². The topological polar surface area (TPSA) is 50.1 Å². The zero-order valence-corrected chi connectivity index (χ0v) is 12.6. The Kier molecular flexibility index (Phi) is 3.78. The average Bonchev–Trinajstić information content (AvgIpc) is 3.23. The molecule has 3 rings (SSSR count). The van der Waals surface area contributed by atoms with Crippen LogP contribution in [0.5, 0.6) is 0 Å². The molecule has 0 radical (unpaired) electrons. The van der Waals surface area contributed by atoms with E-state index in [0.29, 0.717) is 6.04 Å². The van der Waals surface area contributed by atoms with Crippen molar-refractivity contribution in [2.45, 2.75) is 45.6 Å². The van der Waals surface area contributed by atoms with E-state index in [-0.39, 0.29) is 5.56 Å². The summed E-state index contributed by atoms with van der Waals surface area (Å²) in [6.07, 6.45) is 4.16. The maximum atomic E-state index is 12.8. The molecule has 0 atom stereocenters. The number of nitrogens with one attached hydrogen (secondary N) is 1. The molecule has 1 N–H and O–H groups in total. The number of H-pyrrole nitrogens is 1. The van der Waals surface area contributed by atoms with Gasteiger partial charge in [0.05, 0.1) is 17.3 Å². The molecule has 4 heteroatoms. The van der Waals surface area contributed by atoms with Crippen molar-refractivity contribution in [2.75, 3.05) is 0 Å². The van der Waals surface area contributed by atoms with Crippen LogP contribution in [0.25, 0.3) is 5.69 Å². The number of nitrogens with zero attached hydrogens (tertiary/aromatic N) is 2. The Labute approximate surface area is 124 Å². The molecule has 0 unspecified atom stereocenters. The van der Waals surface area contributed by atoms with Gasteiger partial charge in [0, 0.05) is 11.4 Å². The lowest BCUT2D eigenvalue weighted by molar-refractivity contribution is 0.793. The fraction of sp³-hybridized carbons (Fsp3) is 0.412. The Hall–Kier alpha value is -2.10. The number of rotatable bonds is 5. The molecule has 110 valence electrons. The van der Waals surface area contributed by atoms with Crippen LogP contribution in [0.15, 0.2) is 40.1 Å². The van der Waals surface area contributed by atoms with Gasteiger partial charge in [-0.25, -0.2) is 4.68 Å². The van der Waals surface area contributed by atoms with Gasteiger partial charge in [0.25, 0.3) is 5.56 Å². The minimum absolute atomic E-state index is 0.00606. The smallest absolute Gasteiger partial charge is 0.280 e. The molecule has 0 saturated heterocycles. The minimum Gasteiger partial charge on any atom is -0.294 e. The molecule has 0 aliphatic heterocycles. The van der Waals surface area contributed by atoms with Crippen LogP contribution in [0, 0.1) is 0 Å². The molecule has 1 fully saturated rings. The second-order valence-corrected chi connectivity index (χ2v) is 5.64. The Balaban J connectivity index is 2.09. The van der Waals surface area contributed by atoms with Gasteiger partial charge >= 0.3 is 0 Å². The average molecular weight is 283 g/mol. The van der Waals surface area contributed by atoms with Crippen molar-refractivity contribution < 1.29 is 0 Å². The molecule has 2 aromatic rings. The molecule has 1 aliphatic rings. The molecule has 0 amide bonds. The Morgan fingerprint density at radius 2 is 2.05 bits per heavy atom. The number of para-hydroxylation sites is 1. The van der Waals surface area contributed by atoms with Gasteiger partial charge in [-0.3, -0.25) is 14.9 Å². The zero-order valence-electron chi connectivity index (χ0n) is 12.6. The molecule has 1 aliphatic carbocycles. The van der Waals surface area contributed by atoms with Crippen molar-refractivity contribution in [2.24, 2.45) is 4.99 Å². The molecule has 1 aromatic carbocycles. The van der Waals surface area contributed by atoms with Crippen LogP contribution in [0.2, 0.25) is 0 Å². The molecular formula is C17H21N3O. The normalized spacial score (nSPS) is 15.4. The van der Waals surface area contributed by atoms with Crippen molar-refractivity contribution in [3.05, 3.63) is 51.9 Å². The highest BCUT2D eigenvalue weighted by Gasteiger charge is 2.23. The SMILES string of the molecule is CCCc1[nH]n(-c2ccccc2)c(=O)c1C(C)=NC1CC1. The molecule has 1 aromatic heterocycles. The first kappa shape index (κ1) is 13.9. The van der Waals surface area contributed by atoms with Gasteiger partial charge < -0.3 is 0 Å². The highest BCUT2D eigenvalue weighted by molar-refractivity contribution is 5.99. The molecule has 4 nitrogen and oxygen atoms in total. The predicted octanol–water partition coefficient (Wildman–Crippen LogP) is 3.09. The Morgan fingerprint density at radius 1 is 1.33 bits per heavy atom. The molecule has 0 spiro atoms. The standard InChI is InChI=1S/C17H21N3O/c1-3-7-15-16(12(2)18-13-10-11-13)17(21)20(19-15)14-8-5-4-6-9-14/h4-6,8-9,13,19H,3,7,10-11H2,1-2H3. The highest BCUT2D eigenvalue weighted by atomic mass is 16.1. The summed E-state index contributed by atoms with van der Waals surface area (Å²) in [6, 6.07) is 10.1. The van der Waals surface area contributed by atoms with Crippen molar-refractivity contribution >= 4 is 5.71 Å². The second kappa shape index (κ2) is 5.72. The minimum atomic E-state index is 0.00606. The van der Waals surface area contributed by atoms with Gasteiger partial charge in [0.2, 0.25) is 0 Å². The van der Waals surface area contributed by atoms with Crippen LogP contribution in [0.3, 0.4) is 0 Å². The summed E-state index contributed by atoms with van der Waals surface area (Å²) in [5.74, 6) is 0. The summed E-state index contributed by atoms with van der Waals surface area (Å²) in [4.78, 5) is 17.4. The summed E-state index contributed by atoms with van der Waals surface area (Å²) in [5.41, 5.74) is 3.50. The lowest BCUT2D eigenvalue weighted by Gasteiger charge is -2.00. The number of hydrogen-bond acceptors (Lipinski definition) is 2. The number of aromatic amines is 1. The van der Waals surface area contributed by atoms with E-state index < -0.39 is 0 Å². The predicted molar refractivity (Wildman–Crippen MR) is 85.6 cm³/mol. The van der Waals surface area contributed by atoms with Gasteiger partial charge in [-0.15, -0.1) is 0 Å². The van der Waals surface area contributed by atoms with E-state index in [1.807, 2.05) is 37.3 Å². The third kappa shape index (κ3) is 2.84. The third-order valence-corrected chi connectivity index (χ3v) is 3.76. The van der Waals surface area contributed by atoms with Gasteiger partial charge in [0.15, 0.2) is 0 Å². The quantitative estimate of drug-likeness (QED) is 0.842. The monoisotopic (exact) mass is 283 g/mol. The summed E-state index contributed by atoms with van der Waals surface area (Å²) in [5, 5.41) is 3.27. The van der Waals surface area contributed by atoms with Gasteiger partial charge in [-0.1, -0.05) is 31.5 Å². The van der Waals surface area contributed by atoms with E-state index >= 15 is 0 Å². The van der Waals surface area contributed by atoms with E-state index in [2.05, 4.69) is 17.0 Å². The first-order valence-electron chi connectivity index (χ1n) is 7.64. The molecular weight excluding hydrogens is 262 g/mol. The summed E-state index contributed by atoms with van der Waals surface area (Å²) in [7, 11) is 0. The number of aryl methyl sites for hydroxylation is 1. The number of aromatic nitrogens is 2. The summed E-state index contributed by atoms with van der Waals surface area (Å²) >= 11 is 0. The Morgan fingerprint density at radius 3 is 2.67 bits per heavy atom. The van der Waals surface area contributed by atoms with E-state index in [1.165, 1.54) is 0 Å². The van der Waals surface area contributed by atoms with E-state index in [9.17, 15) is 4.79 Å². The molecule has 1 heterocycles. The fourth-order valence-corrected chi connectivity index (χ4v) is 2.59. The third-order valence-electron chi connectivity index (χ3n) is 3.76. The molecule has 21 heavy (non-hydrogen) atoms. The van der Waals surface area contributed by atoms with Crippen LogP contribution >= 0.6 is 0 Å². The van der Waals surface area contributed by atoms with Crippen LogP contribution < -0.4 is 5.56 Å². The lowest BCUT2D eigenvalue weighted by Crippen LogP contribution is -2.20. The molecule has 1 saturated carbocycles. The number of aliphatic imine (C=N–C) groups is 1. The van der Waals surface area contributed by atoms with Crippen LogP contribution in [0.4, 0.5) is 0 Å². The number of benzene rings is 1. The van der Waals surface area contributed by atoms with Crippen LogP contribution in [-0.2, 0) is 6.42 Å². The van der Waals surface area contributed by atoms with Crippen molar-refractivity contribution in [3.63, 3.8) is 0 Å². The van der Waals surface area contributed by atoms with E-state index in [0.717, 1.165) is 48.3 Å². The second-order valence-electron chi connectivity index (χ2n) is 5.64. The lowest BCUT2D eigenvalue weighted by atomic mass is 10.1. The first-order valence-corrected chi connectivity index (χ1v) is 7.64. The summed E-state index contributed by atoms with van der Waals surface area (Å²) < 4.78 is 1.63. The Bertz CT molecular complexity index is 705. The van der Waals surface area contributed by atoms with Crippen molar-refractivity contribution in [1.82, 2.24) is 9.78 Å². The largest absolute Gasteiger partial charge is 0.294 e. The van der Waals surface area contributed by atoms with Crippen molar-refractivity contribution in [3.8, 4) is 5.69 Å². The van der Waals surface area contributed by atoms with Crippen LogP contribution in [-0.4, -0.2) is 21.5 Å². The van der Waals surface area contributed by atoms with Gasteiger partial charge in [-0.2, -0.15) is 0 Å². The van der Waals surface area contributed by atoms with Crippen LogP contribution in [0.1, 0.15) is 44.4 Å². The highest BCUT2D eigenvalue weighted by Crippen LogP contribution is 2.24. The van der Waals surface area contributed by atoms with Crippen molar-refractivity contribution in [1.29, 1.82) is 0 Å². The molecule has 0 bridgehead atoms. The van der Waals surface area contributed by atoms with Gasteiger partial charge in [0.1, 0.15) is 0 Å². The van der Waals surface area contributed by atoms with Gasteiger partial charge in [-0.05, 0) is 38.3 Å². The fourth-order valence-electron chi connectivity index (χ4n) is 2.59. The maximum Gasteiger partial charge on any atom is 0.280 e. The zero-order chi connectivity index (χ0) is 14.8.